The Morgan fingerprint density at radius 3 is 2.38 bits per heavy atom. The Bertz CT molecular complexity index is 1530. The highest BCUT2D eigenvalue weighted by molar-refractivity contribution is 7.92. The first-order chi connectivity index (χ1) is 15.3. The van der Waals surface area contributed by atoms with Crippen molar-refractivity contribution < 1.29 is 18.3 Å². The summed E-state index contributed by atoms with van der Waals surface area (Å²) in [6.07, 6.45) is 0. The van der Waals surface area contributed by atoms with Gasteiger partial charge in [0.25, 0.3) is 10.0 Å². The molecule has 8 heteroatoms. The Morgan fingerprint density at radius 1 is 0.938 bits per heavy atom. The molecule has 0 unspecified atom stereocenters. The first kappa shape index (κ1) is 21.4. The molecule has 158 valence electrons. The molecule has 0 fully saturated rings. The van der Waals surface area contributed by atoms with Crippen molar-refractivity contribution in [2.75, 3.05) is 4.72 Å². The molecular formula is C24H15ClN2O4S. The number of hydrogen-bond donors (Lipinski definition) is 2. The number of carboxylic acid groups (broad SMARTS) is 1. The van der Waals surface area contributed by atoms with Crippen LogP contribution in [0.15, 0.2) is 83.8 Å². The van der Waals surface area contributed by atoms with Crippen molar-refractivity contribution in [2.24, 2.45) is 0 Å². The fourth-order valence-electron chi connectivity index (χ4n) is 3.45. The smallest absolute Gasteiger partial charge is 0.335 e. The minimum atomic E-state index is -4.02. The van der Waals surface area contributed by atoms with Crippen LogP contribution in [0.1, 0.15) is 15.9 Å². The van der Waals surface area contributed by atoms with Gasteiger partial charge in [-0.1, -0.05) is 54.1 Å². The van der Waals surface area contributed by atoms with Crippen LogP contribution in [0.5, 0.6) is 0 Å². The van der Waals surface area contributed by atoms with E-state index in [0.29, 0.717) is 16.6 Å². The van der Waals surface area contributed by atoms with Gasteiger partial charge >= 0.3 is 5.97 Å². The molecule has 0 aliphatic rings. The third-order valence-electron chi connectivity index (χ3n) is 4.94. The van der Waals surface area contributed by atoms with Gasteiger partial charge in [0.05, 0.1) is 27.9 Å². The summed E-state index contributed by atoms with van der Waals surface area (Å²) in [5.41, 5.74) is 2.23. The summed E-state index contributed by atoms with van der Waals surface area (Å²) in [7, 11) is -4.02. The highest BCUT2D eigenvalue weighted by Gasteiger charge is 2.20. The molecule has 0 saturated heterocycles. The summed E-state index contributed by atoms with van der Waals surface area (Å²) in [5, 5.41) is 19.6. The standard InChI is InChI=1S/C24H15ClN2O4S/c25-21-12-15(14-26)8-11-23(21)32(30,31)27-22-10-9-18(19-6-1-2-7-20(19)22)16-4-3-5-17(13-16)24(28)29/h1-13,27H,(H,28,29). The minimum Gasteiger partial charge on any atom is -0.478 e. The number of nitrogens with zero attached hydrogens (tertiary/aromatic N) is 1. The number of halogens is 1. The van der Waals surface area contributed by atoms with Crippen LogP contribution in [0.2, 0.25) is 5.02 Å². The molecule has 2 N–H and O–H groups in total. The molecule has 32 heavy (non-hydrogen) atoms. The van der Waals surface area contributed by atoms with E-state index in [9.17, 15) is 18.3 Å². The van der Waals surface area contributed by atoms with Gasteiger partial charge in [0.2, 0.25) is 0 Å². The van der Waals surface area contributed by atoms with Crippen LogP contribution in [0.4, 0.5) is 5.69 Å². The number of hydrogen-bond acceptors (Lipinski definition) is 4. The third kappa shape index (κ3) is 4.02. The maximum Gasteiger partial charge on any atom is 0.335 e. The summed E-state index contributed by atoms with van der Waals surface area (Å²) in [4.78, 5) is 11.2. The molecule has 0 aliphatic carbocycles. The lowest BCUT2D eigenvalue weighted by molar-refractivity contribution is 0.0697. The van der Waals surface area contributed by atoms with Crippen molar-refractivity contribution in [3.63, 3.8) is 0 Å². The average molecular weight is 463 g/mol. The molecule has 0 heterocycles. The summed E-state index contributed by atoms with van der Waals surface area (Å²) in [6.45, 7) is 0. The minimum absolute atomic E-state index is 0.0528. The van der Waals surface area contributed by atoms with Gasteiger partial charge in [0.1, 0.15) is 4.90 Å². The summed E-state index contributed by atoms with van der Waals surface area (Å²) in [5.74, 6) is -1.03. The Kier molecular flexibility index (Phi) is 5.57. The molecule has 0 radical (unpaired) electrons. The zero-order valence-corrected chi connectivity index (χ0v) is 18.0. The zero-order chi connectivity index (χ0) is 22.9. The monoisotopic (exact) mass is 462 g/mol. The number of sulfonamides is 1. The van der Waals surface area contributed by atoms with Gasteiger partial charge in [-0.05, 0) is 52.9 Å². The predicted molar refractivity (Wildman–Crippen MR) is 123 cm³/mol. The van der Waals surface area contributed by atoms with Crippen molar-refractivity contribution in [3.8, 4) is 17.2 Å². The molecule has 0 spiro atoms. The van der Waals surface area contributed by atoms with Crippen LogP contribution in [-0.2, 0) is 10.0 Å². The Balaban J connectivity index is 1.81. The van der Waals surface area contributed by atoms with Gasteiger partial charge in [-0.3, -0.25) is 4.72 Å². The predicted octanol–water partition coefficient (Wildman–Crippen LogP) is 5.53. The van der Waals surface area contributed by atoms with E-state index >= 15 is 0 Å². The molecular weight excluding hydrogens is 448 g/mol. The molecule has 0 bridgehead atoms. The van der Waals surface area contributed by atoms with Crippen LogP contribution >= 0.6 is 11.6 Å². The van der Waals surface area contributed by atoms with E-state index in [1.807, 2.05) is 18.2 Å². The highest BCUT2D eigenvalue weighted by Crippen LogP contribution is 2.35. The second kappa shape index (κ2) is 8.35. The lowest BCUT2D eigenvalue weighted by Gasteiger charge is -2.15. The van der Waals surface area contributed by atoms with Gasteiger partial charge in [0.15, 0.2) is 0 Å². The van der Waals surface area contributed by atoms with E-state index in [1.54, 1.807) is 42.5 Å². The second-order valence-electron chi connectivity index (χ2n) is 6.95. The topological polar surface area (TPSA) is 107 Å². The van der Waals surface area contributed by atoms with Crippen molar-refractivity contribution >= 4 is 44.1 Å². The number of nitrogens with one attached hydrogen (secondary N) is 1. The van der Waals surface area contributed by atoms with Crippen LogP contribution in [-0.4, -0.2) is 19.5 Å². The number of anilines is 1. The molecule has 0 aliphatic heterocycles. The van der Waals surface area contributed by atoms with Gasteiger partial charge < -0.3 is 5.11 Å². The first-order valence-electron chi connectivity index (χ1n) is 9.38. The maximum absolute atomic E-state index is 13.0. The molecule has 0 amide bonds. The van der Waals surface area contributed by atoms with E-state index in [0.717, 1.165) is 10.9 Å². The molecule has 0 aromatic heterocycles. The summed E-state index contributed by atoms with van der Waals surface area (Å²) in [6, 6.07) is 23.0. The Hall–Kier alpha value is -3.86. The molecule has 0 saturated carbocycles. The van der Waals surface area contributed by atoms with Crippen LogP contribution in [0.25, 0.3) is 21.9 Å². The summed E-state index contributed by atoms with van der Waals surface area (Å²) < 4.78 is 28.6. The van der Waals surface area contributed by atoms with Crippen LogP contribution < -0.4 is 4.72 Å². The average Bonchev–Trinajstić information content (AvgIpc) is 2.79. The van der Waals surface area contributed by atoms with E-state index in [-0.39, 0.29) is 21.0 Å². The number of carbonyl (C=O) groups is 1. The van der Waals surface area contributed by atoms with E-state index in [2.05, 4.69) is 4.72 Å². The number of carboxylic acids is 1. The number of aromatic carboxylic acids is 1. The number of rotatable bonds is 5. The van der Waals surface area contributed by atoms with Crippen molar-refractivity contribution in [1.82, 2.24) is 0 Å². The molecule has 0 atom stereocenters. The van der Waals surface area contributed by atoms with E-state index < -0.39 is 16.0 Å². The number of fused-ring (bicyclic) bond motifs is 1. The molecule has 4 aromatic rings. The van der Waals surface area contributed by atoms with E-state index in [4.69, 9.17) is 16.9 Å². The van der Waals surface area contributed by atoms with Gasteiger partial charge in [-0.25, -0.2) is 13.2 Å². The van der Waals surface area contributed by atoms with Gasteiger partial charge in [0, 0.05) is 5.39 Å². The molecule has 4 aromatic carbocycles. The molecule has 4 rings (SSSR count). The lowest BCUT2D eigenvalue weighted by atomic mass is 9.96. The summed E-state index contributed by atoms with van der Waals surface area (Å²) >= 11 is 6.10. The van der Waals surface area contributed by atoms with E-state index in [1.165, 1.54) is 24.3 Å². The largest absolute Gasteiger partial charge is 0.478 e. The van der Waals surface area contributed by atoms with Crippen molar-refractivity contribution in [3.05, 3.63) is 95.0 Å². The maximum atomic E-state index is 13.0. The van der Waals surface area contributed by atoms with Gasteiger partial charge in [-0.2, -0.15) is 5.26 Å². The fourth-order valence-corrected chi connectivity index (χ4v) is 5.07. The third-order valence-corrected chi connectivity index (χ3v) is 6.79. The van der Waals surface area contributed by atoms with Crippen LogP contribution in [0.3, 0.4) is 0 Å². The fraction of sp³-hybridized carbons (Fsp3) is 0. The zero-order valence-electron chi connectivity index (χ0n) is 16.4. The van der Waals surface area contributed by atoms with Crippen LogP contribution in [0, 0.1) is 11.3 Å². The normalized spacial score (nSPS) is 11.1. The number of benzene rings is 4. The second-order valence-corrected chi connectivity index (χ2v) is 9.01. The van der Waals surface area contributed by atoms with Gasteiger partial charge in [-0.15, -0.1) is 0 Å². The van der Waals surface area contributed by atoms with Crippen molar-refractivity contribution in [2.45, 2.75) is 4.90 Å². The Morgan fingerprint density at radius 2 is 1.69 bits per heavy atom. The first-order valence-corrected chi connectivity index (χ1v) is 11.2. The van der Waals surface area contributed by atoms with Crippen molar-refractivity contribution in [1.29, 1.82) is 5.26 Å². The lowest BCUT2D eigenvalue weighted by Crippen LogP contribution is -2.14. The molecule has 6 nitrogen and oxygen atoms in total. The SMILES string of the molecule is N#Cc1ccc(S(=O)(=O)Nc2ccc(-c3cccc(C(=O)O)c3)c3ccccc23)c(Cl)c1. The Labute approximate surface area is 189 Å². The highest BCUT2D eigenvalue weighted by atomic mass is 35.5. The number of nitriles is 1. The quantitative estimate of drug-likeness (QED) is 0.405.